The first kappa shape index (κ1) is 24.5. The molecule has 0 atom stereocenters. The van der Waals surface area contributed by atoms with E-state index in [1.807, 2.05) is 0 Å². The zero-order valence-electron chi connectivity index (χ0n) is 18.8. The molecule has 36 heavy (non-hydrogen) atoms. The molecule has 0 saturated carbocycles. The minimum atomic E-state index is -4.56. The summed E-state index contributed by atoms with van der Waals surface area (Å²) in [6.45, 7) is -0.535. The van der Waals surface area contributed by atoms with Gasteiger partial charge in [-0.15, -0.1) is 0 Å². The van der Waals surface area contributed by atoms with Crippen LogP contribution in [0.15, 0.2) is 77.6 Å². The molecule has 0 aliphatic carbocycles. The van der Waals surface area contributed by atoms with Crippen LogP contribution in [-0.4, -0.2) is 35.2 Å². The molecule has 0 spiro atoms. The Morgan fingerprint density at radius 2 is 1.67 bits per heavy atom. The first-order valence-electron chi connectivity index (χ1n) is 10.6. The van der Waals surface area contributed by atoms with Crippen molar-refractivity contribution in [2.75, 3.05) is 19.0 Å². The Hall–Kier alpha value is -4.67. The third kappa shape index (κ3) is 5.19. The van der Waals surface area contributed by atoms with Crippen molar-refractivity contribution in [3.05, 3.63) is 94.4 Å². The third-order valence-corrected chi connectivity index (χ3v) is 5.22. The van der Waals surface area contributed by atoms with E-state index in [1.54, 1.807) is 48.5 Å². The van der Waals surface area contributed by atoms with Crippen molar-refractivity contribution in [1.82, 2.24) is 15.1 Å². The largest absolute Gasteiger partial charge is 0.497 e. The molecule has 0 radical (unpaired) electrons. The van der Waals surface area contributed by atoms with Gasteiger partial charge < -0.3 is 15.4 Å². The predicted molar refractivity (Wildman–Crippen MR) is 126 cm³/mol. The van der Waals surface area contributed by atoms with E-state index in [2.05, 4.69) is 15.7 Å². The van der Waals surface area contributed by atoms with Crippen LogP contribution < -0.4 is 20.9 Å². The van der Waals surface area contributed by atoms with Crippen molar-refractivity contribution in [3.8, 4) is 11.4 Å². The molecule has 0 fully saturated rings. The topological polar surface area (TPSA) is 102 Å². The lowest BCUT2D eigenvalue weighted by Crippen LogP contribution is -2.35. The highest BCUT2D eigenvalue weighted by Gasteiger charge is 2.30. The number of halogens is 3. The van der Waals surface area contributed by atoms with Crippen LogP contribution in [0.1, 0.15) is 16.1 Å². The van der Waals surface area contributed by atoms with Crippen molar-refractivity contribution >= 4 is 28.3 Å². The minimum Gasteiger partial charge on any atom is -0.497 e. The Kier molecular flexibility index (Phi) is 6.73. The maximum Gasteiger partial charge on any atom is 0.416 e. The van der Waals surface area contributed by atoms with Gasteiger partial charge in [-0.2, -0.15) is 23.0 Å². The van der Waals surface area contributed by atoms with Crippen LogP contribution in [0.3, 0.4) is 0 Å². The number of hydrogen-bond donors (Lipinski definition) is 2. The first-order chi connectivity index (χ1) is 17.2. The second kappa shape index (κ2) is 9.90. The molecule has 0 bridgehead atoms. The second-order valence-corrected chi connectivity index (χ2v) is 7.62. The number of fused-ring (bicyclic) bond motifs is 1. The number of ether oxygens (including phenoxy) is 1. The number of aromatic nitrogens is 2. The number of hydrogen-bond acceptors (Lipinski definition) is 5. The molecular weight excluding hydrogens is 477 g/mol. The summed E-state index contributed by atoms with van der Waals surface area (Å²) in [6, 6.07) is 17.0. The summed E-state index contributed by atoms with van der Waals surface area (Å²) in [5.74, 6) is -0.916. The van der Waals surface area contributed by atoms with Gasteiger partial charge in [0, 0.05) is 11.1 Å². The molecule has 1 heterocycles. The lowest BCUT2D eigenvalue weighted by Gasteiger charge is -2.12. The zero-order valence-corrected chi connectivity index (χ0v) is 18.8. The number of methoxy groups -OCH3 is 1. The van der Waals surface area contributed by atoms with Crippen LogP contribution in [0.4, 0.5) is 18.9 Å². The molecule has 0 aliphatic rings. The van der Waals surface area contributed by atoms with E-state index in [4.69, 9.17) is 4.74 Å². The van der Waals surface area contributed by atoms with Crippen LogP contribution >= 0.6 is 0 Å². The molecule has 4 rings (SSSR count). The molecule has 11 heteroatoms. The number of alkyl halides is 3. The van der Waals surface area contributed by atoms with E-state index in [0.717, 1.165) is 22.9 Å². The van der Waals surface area contributed by atoms with Crippen LogP contribution in [0.2, 0.25) is 0 Å². The van der Waals surface area contributed by atoms with Gasteiger partial charge >= 0.3 is 6.18 Å². The Labute approximate surface area is 202 Å². The van der Waals surface area contributed by atoms with Gasteiger partial charge in [0.15, 0.2) is 5.69 Å². The quantitative estimate of drug-likeness (QED) is 0.423. The van der Waals surface area contributed by atoms with Gasteiger partial charge in [0.05, 0.1) is 30.3 Å². The summed E-state index contributed by atoms with van der Waals surface area (Å²) in [4.78, 5) is 38.3. The average molecular weight is 496 g/mol. The number of carbonyl (C=O) groups excluding carboxylic acids is 2. The molecule has 3 aromatic carbocycles. The van der Waals surface area contributed by atoms with E-state index in [9.17, 15) is 27.6 Å². The Morgan fingerprint density at radius 1 is 0.972 bits per heavy atom. The third-order valence-electron chi connectivity index (χ3n) is 5.22. The number of amides is 2. The number of rotatable bonds is 6. The zero-order chi connectivity index (χ0) is 25.9. The van der Waals surface area contributed by atoms with Gasteiger partial charge in [0.25, 0.3) is 11.5 Å². The number of carbonyl (C=O) groups is 2. The summed E-state index contributed by atoms with van der Waals surface area (Å²) >= 11 is 0. The summed E-state index contributed by atoms with van der Waals surface area (Å²) < 4.78 is 44.9. The molecule has 2 amide bonds. The predicted octanol–water partition coefficient (Wildman–Crippen LogP) is 3.78. The van der Waals surface area contributed by atoms with E-state index >= 15 is 0 Å². The summed E-state index contributed by atoms with van der Waals surface area (Å²) in [6.07, 6.45) is -4.56. The highest BCUT2D eigenvalue weighted by atomic mass is 19.4. The van der Waals surface area contributed by atoms with E-state index in [0.29, 0.717) is 11.4 Å². The summed E-state index contributed by atoms with van der Waals surface area (Å²) in [5.41, 5.74) is -1.15. The molecule has 0 saturated heterocycles. The lowest BCUT2D eigenvalue weighted by atomic mass is 10.1. The van der Waals surface area contributed by atoms with Crippen molar-refractivity contribution in [1.29, 1.82) is 0 Å². The van der Waals surface area contributed by atoms with Gasteiger partial charge in [-0.05, 0) is 48.5 Å². The van der Waals surface area contributed by atoms with Crippen LogP contribution in [0.25, 0.3) is 16.5 Å². The number of nitrogens with one attached hydrogen (secondary N) is 2. The Morgan fingerprint density at radius 3 is 2.33 bits per heavy atom. The number of nitrogens with zero attached hydrogens (tertiary/aromatic N) is 2. The van der Waals surface area contributed by atoms with Crippen molar-refractivity contribution in [2.45, 2.75) is 6.18 Å². The van der Waals surface area contributed by atoms with E-state index in [-0.39, 0.29) is 22.2 Å². The van der Waals surface area contributed by atoms with E-state index < -0.39 is 35.7 Å². The van der Waals surface area contributed by atoms with E-state index in [1.165, 1.54) is 13.2 Å². The normalized spacial score (nSPS) is 11.2. The fourth-order valence-electron chi connectivity index (χ4n) is 3.48. The highest BCUT2D eigenvalue weighted by molar-refractivity contribution is 6.06. The maximum absolute atomic E-state index is 13.0. The van der Waals surface area contributed by atoms with Crippen molar-refractivity contribution < 1.29 is 27.5 Å². The number of anilines is 1. The Balaban J connectivity index is 1.57. The van der Waals surface area contributed by atoms with Crippen LogP contribution in [0.5, 0.6) is 5.75 Å². The fourth-order valence-corrected chi connectivity index (χ4v) is 3.48. The molecule has 4 aromatic rings. The summed E-state index contributed by atoms with van der Waals surface area (Å²) in [7, 11) is 1.50. The monoisotopic (exact) mass is 496 g/mol. The average Bonchev–Trinajstić information content (AvgIpc) is 2.87. The van der Waals surface area contributed by atoms with Gasteiger partial charge in [-0.1, -0.05) is 24.3 Å². The molecule has 0 aliphatic heterocycles. The van der Waals surface area contributed by atoms with Gasteiger partial charge in [0.1, 0.15) is 5.75 Å². The summed E-state index contributed by atoms with van der Waals surface area (Å²) in [5, 5.41) is 9.46. The lowest BCUT2D eigenvalue weighted by molar-refractivity contribution is -0.137. The van der Waals surface area contributed by atoms with Crippen LogP contribution in [0, 0.1) is 0 Å². The first-order valence-corrected chi connectivity index (χ1v) is 10.6. The fraction of sp³-hybridized carbons (Fsp3) is 0.120. The highest BCUT2D eigenvalue weighted by Crippen LogP contribution is 2.30. The standard InChI is InChI=1S/C25H19F3N4O4/c1-36-18-11-9-17(10-12-18)32-24(35)20-8-3-2-7-19(20)22(31-32)23(34)29-14-21(33)30-16-6-4-5-15(13-16)25(26,27)28/h2-13H,14H2,1H3,(H,29,34)(H,30,33). The molecule has 0 unspecified atom stereocenters. The van der Waals surface area contributed by atoms with Gasteiger partial charge in [0.2, 0.25) is 5.91 Å². The number of benzene rings is 3. The maximum atomic E-state index is 13.0. The van der Waals surface area contributed by atoms with Crippen molar-refractivity contribution in [2.24, 2.45) is 0 Å². The van der Waals surface area contributed by atoms with Crippen LogP contribution in [-0.2, 0) is 11.0 Å². The molecule has 184 valence electrons. The molecule has 8 nitrogen and oxygen atoms in total. The Bertz CT molecular complexity index is 1500. The second-order valence-electron chi connectivity index (χ2n) is 7.62. The van der Waals surface area contributed by atoms with Gasteiger partial charge in [-0.25, -0.2) is 0 Å². The SMILES string of the molecule is COc1ccc(-n2nc(C(=O)NCC(=O)Nc3cccc(C(F)(F)F)c3)c3ccccc3c2=O)cc1. The smallest absolute Gasteiger partial charge is 0.416 e. The molecule has 1 aromatic heterocycles. The molecular formula is C25H19F3N4O4. The van der Waals surface area contributed by atoms with Crippen molar-refractivity contribution in [3.63, 3.8) is 0 Å². The van der Waals surface area contributed by atoms with Gasteiger partial charge in [-0.3, -0.25) is 14.4 Å². The minimum absolute atomic E-state index is 0.0688. The molecule has 2 N–H and O–H groups in total.